The van der Waals surface area contributed by atoms with E-state index in [2.05, 4.69) is 4.90 Å². The molecular weight excluding hydrogens is 484 g/mol. The summed E-state index contributed by atoms with van der Waals surface area (Å²) in [5.74, 6) is 1.09. The zero-order chi connectivity index (χ0) is 26.6. The Morgan fingerprint density at radius 2 is 1.82 bits per heavy atom. The summed E-state index contributed by atoms with van der Waals surface area (Å²) in [6.45, 7) is 9.25. The van der Waals surface area contributed by atoms with Crippen LogP contribution in [0.2, 0.25) is 0 Å². The Morgan fingerprint density at radius 1 is 1.00 bits per heavy atom. The second-order valence-corrected chi connectivity index (χ2v) is 9.83. The van der Waals surface area contributed by atoms with Crippen molar-refractivity contribution in [2.45, 2.75) is 39.2 Å². The SMILES string of the molecule is CCCOc1ccc(C2c3c(oc4ccc(CC)cc4c3=O)C(=O)N2CCCN2CCOCC2)cc1OC. The zero-order valence-electron chi connectivity index (χ0n) is 22.5. The standard InChI is InChI=1S/C30H36N2O6/c1-4-15-37-24-10-8-21(19-25(24)35-3)27-26-28(33)22-18-20(5-2)7-9-23(22)38-29(26)30(34)32(27)12-6-11-31-13-16-36-17-14-31/h7-10,18-19,27H,4-6,11-17H2,1-3H3. The Morgan fingerprint density at radius 3 is 2.55 bits per heavy atom. The summed E-state index contributed by atoms with van der Waals surface area (Å²) in [6, 6.07) is 10.7. The number of carbonyl (C=O) groups is 1. The number of hydrogen-bond acceptors (Lipinski definition) is 7. The van der Waals surface area contributed by atoms with Crippen molar-refractivity contribution in [1.82, 2.24) is 9.80 Å². The van der Waals surface area contributed by atoms with E-state index in [0.717, 1.165) is 63.2 Å². The van der Waals surface area contributed by atoms with Crippen molar-refractivity contribution in [3.63, 3.8) is 0 Å². The van der Waals surface area contributed by atoms with Crippen LogP contribution in [-0.2, 0) is 11.2 Å². The minimum atomic E-state index is -0.567. The Labute approximate surface area is 223 Å². The molecule has 1 amide bonds. The number of ether oxygens (including phenoxy) is 3. The summed E-state index contributed by atoms with van der Waals surface area (Å²) < 4.78 is 23.1. The van der Waals surface area contributed by atoms with E-state index in [-0.39, 0.29) is 17.1 Å². The first-order chi connectivity index (χ1) is 18.5. The van der Waals surface area contributed by atoms with Crippen molar-refractivity contribution >= 4 is 16.9 Å². The molecule has 8 heteroatoms. The van der Waals surface area contributed by atoms with Gasteiger partial charge in [-0.2, -0.15) is 0 Å². The van der Waals surface area contributed by atoms with E-state index in [1.807, 2.05) is 44.2 Å². The fourth-order valence-corrected chi connectivity index (χ4v) is 5.34. The van der Waals surface area contributed by atoms with E-state index in [1.54, 1.807) is 18.1 Å². The molecule has 2 aliphatic heterocycles. The smallest absolute Gasteiger partial charge is 0.290 e. The summed E-state index contributed by atoms with van der Waals surface area (Å²) in [5, 5.41) is 0.505. The molecule has 0 N–H and O–H groups in total. The largest absolute Gasteiger partial charge is 0.493 e. The third-order valence-corrected chi connectivity index (χ3v) is 7.38. The van der Waals surface area contributed by atoms with E-state index < -0.39 is 6.04 Å². The summed E-state index contributed by atoms with van der Waals surface area (Å²) >= 11 is 0. The summed E-state index contributed by atoms with van der Waals surface area (Å²) in [4.78, 5) is 31.8. The molecule has 8 nitrogen and oxygen atoms in total. The fraction of sp³-hybridized carbons (Fsp3) is 0.467. The Hall–Kier alpha value is -3.36. The maximum absolute atomic E-state index is 13.9. The Kier molecular flexibility index (Phi) is 8.00. The van der Waals surface area contributed by atoms with Crippen LogP contribution in [0.25, 0.3) is 11.0 Å². The van der Waals surface area contributed by atoms with Crippen LogP contribution in [0.3, 0.4) is 0 Å². The number of rotatable bonds is 10. The van der Waals surface area contributed by atoms with Gasteiger partial charge in [0, 0.05) is 26.2 Å². The highest BCUT2D eigenvalue weighted by atomic mass is 16.5. The van der Waals surface area contributed by atoms with Crippen LogP contribution >= 0.6 is 0 Å². The van der Waals surface area contributed by atoms with E-state index in [1.165, 1.54) is 0 Å². The molecule has 2 aromatic carbocycles. The van der Waals surface area contributed by atoms with Crippen LogP contribution in [0.1, 0.15) is 60.0 Å². The molecule has 1 fully saturated rings. The van der Waals surface area contributed by atoms with Gasteiger partial charge in [0.05, 0.1) is 43.9 Å². The van der Waals surface area contributed by atoms with Gasteiger partial charge in [-0.25, -0.2) is 0 Å². The number of aryl methyl sites for hydroxylation is 1. The minimum absolute atomic E-state index is 0.133. The van der Waals surface area contributed by atoms with Gasteiger partial charge in [0.1, 0.15) is 5.58 Å². The highest BCUT2D eigenvalue weighted by molar-refractivity contribution is 5.99. The Balaban J connectivity index is 1.56. The van der Waals surface area contributed by atoms with Gasteiger partial charge < -0.3 is 23.5 Å². The zero-order valence-corrected chi connectivity index (χ0v) is 22.5. The first-order valence-corrected chi connectivity index (χ1v) is 13.6. The Bertz CT molecular complexity index is 1360. The lowest BCUT2D eigenvalue weighted by Gasteiger charge is -2.29. The lowest BCUT2D eigenvalue weighted by Crippen LogP contribution is -2.38. The molecule has 1 saturated heterocycles. The van der Waals surface area contributed by atoms with Gasteiger partial charge in [-0.05, 0) is 54.7 Å². The summed E-state index contributed by atoms with van der Waals surface area (Å²) in [7, 11) is 1.60. The van der Waals surface area contributed by atoms with Crippen molar-refractivity contribution in [2.75, 3.05) is 53.1 Å². The van der Waals surface area contributed by atoms with Crippen molar-refractivity contribution in [3.8, 4) is 11.5 Å². The molecule has 3 heterocycles. The normalized spacial score (nSPS) is 17.7. The van der Waals surface area contributed by atoms with Crippen molar-refractivity contribution in [2.24, 2.45) is 0 Å². The summed E-state index contributed by atoms with van der Waals surface area (Å²) in [6.07, 6.45) is 2.46. The van der Waals surface area contributed by atoms with Crippen molar-refractivity contribution in [1.29, 1.82) is 0 Å². The molecule has 0 spiro atoms. The van der Waals surface area contributed by atoms with Crippen molar-refractivity contribution < 1.29 is 23.4 Å². The van der Waals surface area contributed by atoms with Gasteiger partial charge in [0.15, 0.2) is 16.9 Å². The molecule has 5 rings (SSSR count). The number of amides is 1. The molecule has 3 aromatic rings. The van der Waals surface area contributed by atoms with E-state index in [9.17, 15) is 9.59 Å². The molecule has 2 aliphatic rings. The second-order valence-electron chi connectivity index (χ2n) is 9.83. The number of fused-ring (bicyclic) bond motifs is 2. The average molecular weight is 521 g/mol. The average Bonchev–Trinajstić information content (AvgIpc) is 3.23. The number of morpholine rings is 1. The highest BCUT2D eigenvalue weighted by Crippen LogP contribution is 2.41. The second kappa shape index (κ2) is 11.6. The number of hydrogen-bond donors (Lipinski definition) is 0. The molecule has 202 valence electrons. The number of nitrogens with zero attached hydrogens (tertiary/aromatic N) is 2. The van der Waals surface area contributed by atoms with Gasteiger partial charge in [-0.1, -0.05) is 26.0 Å². The first-order valence-electron chi connectivity index (χ1n) is 13.6. The topological polar surface area (TPSA) is 81.5 Å². The summed E-state index contributed by atoms with van der Waals surface area (Å²) in [5.41, 5.74) is 2.52. The lowest BCUT2D eigenvalue weighted by atomic mass is 9.97. The molecular formula is C30H36N2O6. The maximum Gasteiger partial charge on any atom is 0.290 e. The van der Waals surface area contributed by atoms with Crippen LogP contribution in [0.4, 0.5) is 0 Å². The highest BCUT2D eigenvalue weighted by Gasteiger charge is 2.42. The third kappa shape index (κ3) is 5.02. The van der Waals surface area contributed by atoms with Gasteiger partial charge in [-0.15, -0.1) is 0 Å². The van der Waals surface area contributed by atoms with Gasteiger partial charge >= 0.3 is 0 Å². The van der Waals surface area contributed by atoms with Crippen LogP contribution in [0, 0.1) is 0 Å². The fourth-order valence-electron chi connectivity index (χ4n) is 5.34. The first kappa shape index (κ1) is 26.3. The van der Waals surface area contributed by atoms with E-state index in [0.29, 0.717) is 41.2 Å². The van der Waals surface area contributed by atoms with E-state index in [4.69, 9.17) is 18.6 Å². The maximum atomic E-state index is 13.9. The molecule has 0 radical (unpaired) electrons. The minimum Gasteiger partial charge on any atom is -0.493 e. The predicted molar refractivity (Wildman–Crippen MR) is 145 cm³/mol. The van der Waals surface area contributed by atoms with Crippen LogP contribution in [0.5, 0.6) is 11.5 Å². The molecule has 0 saturated carbocycles. The van der Waals surface area contributed by atoms with Crippen molar-refractivity contribution in [3.05, 3.63) is 69.1 Å². The third-order valence-electron chi connectivity index (χ3n) is 7.38. The number of methoxy groups -OCH3 is 1. The van der Waals surface area contributed by atoms with Gasteiger partial charge in [0.25, 0.3) is 5.91 Å². The van der Waals surface area contributed by atoms with Crippen LogP contribution in [0.15, 0.2) is 45.6 Å². The molecule has 1 unspecified atom stereocenters. The number of carbonyl (C=O) groups excluding carboxylic acids is 1. The predicted octanol–water partition coefficient (Wildman–Crippen LogP) is 4.42. The molecule has 38 heavy (non-hydrogen) atoms. The van der Waals surface area contributed by atoms with E-state index >= 15 is 0 Å². The monoisotopic (exact) mass is 520 g/mol. The molecule has 0 aliphatic carbocycles. The quantitative estimate of drug-likeness (QED) is 0.391. The van der Waals surface area contributed by atoms with Crippen LogP contribution < -0.4 is 14.9 Å². The molecule has 1 aromatic heterocycles. The molecule has 1 atom stereocenters. The lowest BCUT2D eigenvalue weighted by molar-refractivity contribution is 0.0353. The van der Waals surface area contributed by atoms with Gasteiger partial charge in [-0.3, -0.25) is 14.5 Å². The van der Waals surface area contributed by atoms with Crippen LogP contribution in [-0.4, -0.2) is 68.8 Å². The number of benzene rings is 2. The molecule has 0 bridgehead atoms. The van der Waals surface area contributed by atoms with Gasteiger partial charge in [0.2, 0.25) is 5.76 Å².